The highest BCUT2D eigenvalue weighted by molar-refractivity contribution is 8.00. The molecule has 29 heavy (non-hydrogen) atoms. The molecule has 0 aromatic heterocycles. The zero-order valence-corrected chi connectivity index (χ0v) is 18.3. The monoisotopic (exact) mass is 410 g/mol. The molecule has 1 fully saturated rings. The van der Waals surface area contributed by atoms with E-state index in [0.717, 1.165) is 35.3 Å². The van der Waals surface area contributed by atoms with E-state index in [9.17, 15) is 9.59 Å². The predicted octanol–water partition coefficient (Wildman–Crippen LogP) is 5.99. The lowest BCUT2D eigenvalue weighted by atomic mass is 10.1. The van der Waals surface area contributed by atoms with Gasteiger partial charge in [-0.25, -0.2) is 0 Å². The number of rotatable bonds is 8. The van der Waals surface area contributed by atoms with Gasteiger partial charge in [-0.3, -0.25) is 14.5 Å². The van der Waals surface area contributed by atoms with Crippen LogP contribution in [-0.4, -0.2) is 17.6 Å². The molecule has 1 atom stereocenters. The molecule has 2 aromatic rings. The van der Waals surface area contributed by atoms with E-state index in [2.05, 4.69) is 25.2 Å². The third kappa shape index (κ3) is 5.41. The Morgan fingerprint density at radius 3 is 2.72 bits per heavy atom. The molecule has 0 saturated carbocycles. The number of thioether (sulfide) groups is 1. The number of benzene rings is 2. The Balaban J connectivity index is 1.75. The Morgan fingerprint density at radius 1 is 1.14 bits per heavy atom. The second-order valence-corrected chi connectivity index (χ2v) is 8.77. The number of anilines is 2. The van der Waals surface area contributed by atoms with Crippen molar-refractivity contribution in [3.8, 4) is 0 Å². The summed E-state index contributed by atoms with van der Waals surface area (Å²) in [4.78, 5) is 26.8. The van der Waals surface area contributed by atoms with Gasteiger partial charge in [0.05, 0.1) is 5.75 Å². The first kappa shape index (κ1) is 21.4. The lowest BCUT2D eigenvalue weighted by Gasteiger charge is -2.26. The summed E-state index contributed by atoms with van der Waals surface area (Å²) >= 11 is 1.63. The topological polar surface area (TPSA) is 49.4 Å². The summed E-state index contributed by atoms with van der Waals surface area (Å²) in [5.74, 6) is 0.642. The maximum absolute atomic E-state index is 12.7. The van der Waals surface area contributed by atoms with Gasteiger partial charge in [-0.05, 0) is 49.6 Å². The van der Waals surface area contributed by atoms with Crippen LogP contribution in [0, 0.1) is 13.8 Å². The molecule has 0 radical (unpaired) electrons. The Morgan fingerprint density at radius 2 is 1.97 bits per heavy atom. The molecular weight excluding hydrogens is 380 g/mol. The molecule has 0 unspecified atom stereocenters. The molecule has 1 N–H and O–H groups in total. The van der Waals surface area contributed by atoms with Crippen molar-refractivity contribution in [2.24, 2.45) is 0 Å². The van der Waals surface area contributed by atoms with Crippen LogP contribution in [0.3, 0.4) is 0 Å². The molecule has 2 aromatic carbocycles. The van der Waals surface area contributed by atoms with Crippen LogP contribution in [-0.2, 0) is 9.59 Å². The van der Waals surface area contributed by atoms with Gasteiger partial charge in [-0.2, -0.15) is 0 Å². The lowest BCUT2D eigenvalue weighted by molar-refractivity contribution is -0.117. The summed E-state index contributed by atoms with van der Waals surface area (Å²) in [6, 6.07) is 14.1. The number of hydrogen-bond acceptors (Lipinski definition) is 3. The first-order valence-electron chi connectivity index (χ1n) is 10.4. The third-order valence-corrected chi connectivity index (χ3v) is 6.40. The van der Waals surface area contributed by atoms with E-state index in [-0.39, 0.29) is 17.2 Å². The van der Waals surface area contributed by atoms with Crippen LogP contribution >= 0.6 is 11.8 Å². The van der Waals surface area contributed by atoms with Crippen molar-refractivity contribution in [3.63, 3.8) is 0 Å². The van der Waals surface area contributed by atoms with Crippen molar-refractivity contribution in [2.75, 3.05) is 16.0 Å². The zero-order chi connectivity index (χ0) is 20.8. The minimum absolute atomic E-state index is 0.0552. The summed E-state index contributed by atoms with van der Waals surface area (Å²) in [5.41, 5.74) is 5.07. The van der Waals surface area contributed by atoms with E-state index in [1.165, 1.54) is 18.4 Å². The molecule has 2 amide bonds. The maximum Gasteiger partial charge on any atom is 0.238 e. The molecule has 0 spiro atoms. The fraction of sp³-hybridized carbons (Fsp3) is 0.417. The summed E-state index contributed by atoms with van der Waals surface area (Å²) < 4.78 is 0. The second-order valence-electron chi connectivity index (χ2n) is 7.70. The molecule has 3 rings (SSSR count). The Labute approximate surface area is 178 Å². The number of unbranched alkanes of at least 4 members (excludes halogenated alkanes) is 3. The molecular formula is C24H30N2O2S. The first-order chi connectivity index (χ1) is 14.0. The highest BCUT2D eigenvalue weighted by Gasteiger charge is 2.34. The van der Waals surface area contributed by atoms with Crippen molar-refractivity contribution in [1.82, 2.24) is 0 Å². The summed E-state index contributed by atoms with van der Waals surface area (Å²) in [5, 5.41) is 2.94. The second kappa shape index (κ2) is 9.97. The predicted molar refractivity (Wildman–Crippen MR) is 122 cm³/mol. The van der Waals surface area contributed by atoms with Crippen LogP contribution in [0.1, 0.15) is 61.1 Å². The van der Waals surface area contributed by atoms with Gasteiger partial charge >= 0.3 is 0 Å². The van der Waals surface area contributed by atoms with Gasteiger partial charge in [0.2, 0.25) is 11.8 Å². The number of aryl methyl sites for hydroxylation is 2. The molecule has 1 saturated heterocycles. The number of carbonyl (C=O) groups excluding carboxylic acids is 2. The van der Waals surface area contributed by atoms with Gasteiger partial charge in [0.25, 0.3) is 0 Å². The van der Waals surface area contributed by atoms with Crippen LogP contribution < -0.4 is 10.2 Å². The minimum atomic E-state index is -0.0784. The molecule has 0 bridgehead atoms. The Bertz CT molecular complexity index is 881. The number of nitrogens with one attached hydrogen (secondary N) is 1. The van der Waals surface area contributed by atoms with Crippen molar-refractivity contribution in [2.45, 2.75) is 58.2 Å². The highest BCUT2D eigenvalue weighted by Crippen LogP contribution is 2.43. The van der Waals surface area contributed by atoms with Gasteiger partial charge in [0.15, 0.2) is 0 Å². The average Bonchev–Trinajstić information content (AvgIpc) is 3.07. The van der Waals surface area contributed by atoms with E-state index >= 15 is 0 Å². The number of amides is 2. The first-order valence-corrected chi connectivity index (χ1v) is 11.4. The van der Waals surface area contributed by atoms with E-state index in [1.807, 2.05) is 48.2 Å². The van der Waals surface area contributed by atoms with Gasteiger partial charge in [-0.1, -0.05) is 56.0 Å². The largest absolute Gasteiger partial charge is 0.326 e. The van der Waals surface area contributed by atoms with Gasteiger partial charge in [0.1, 0.15) is 5.37 Å². The van der Waals surface area contributed by atoms with Crippen LogP contribution in [0.25, 0.3) is 0 Å². The fourth-order valence-electron chi connectivity index (χ4n) is 3.71. The zero-order valence-electron chi connectivity index (χ0n) is 17.5. The molecule has 1 aliphatic rings. The molecule has 5 heteroatoms. The molecule has 4 nitrogen and oxygen atoms in total. The molecule has 0 aliphatic carbocycles. The Kier molecular flexibility index (Phi) is 7.37. The van der Waals surface area contributed by atoms with Crippen molar-refractivity contribution < 1.29 is 9.59 Å². The third-order valence-electron chi connectivity index (χ3n) is 5.19. The summed E-state index contributed by atoms with van der Waals surface area (Å²) in [6.45, 7) is 6.27. The summed E-state index contributed by atoms with van der Waals surface area (Å²) in [7, 11) is 0. The van der Waals surface area contributed by atoms with Gasteiger partial charge < -0.3 is 5.32 Å². The summed E-state index contributed by atoms with van der Waals surface area (Å²) in [6.07, 6.45) is 4.90. The van der Waals surface area contributed by atoms with Crippen molar-refractivity contribution in [1.29, 1.82) is 0 Å². The molecule has 1 aliphatic heterocycles. The van der Waals surface area contributed by atoms with E-state index in [1.54, 1.807) is 11.8 Å². The number of nitrogens with zero attached hydrogens (tertiary/aromatic N) is 1. The smallest absolute Gasteiger partial charge is 0.238 e. The fourth-order valence-corrected chi connectivity index (χ4v) is 4.87. The van der Waals surface area contributed by atoms with E-state index < -0.39 is 0 Å². The average molecular weight is 411 g/mol. The van der Waals surface area contributed by atoms with Crippen molar-refractivity contribution >= 4 is 35.0 Å². The Hall–Kier alpha value is -2.27. The van der Waals surface area contributed by atoms with Crippen LogP contribution in [0.15, 0.2) is 42.5 Å². The van der Waals surface area contributed by atoms with Gasteiger partial charge in [0, 0.05) is 17.8 Å². The molecule has 154 valence electrons. The number of carbonyl (C=O) groups is 2. The van der Waals surface area contributed by atoms with Crippen LogP contribution in [0.5, 0.6) is 0 Å². The standard InChI is InChI=1S/C24H30N2O2S/c1-4-5-6-7-11-22(27)25-20-10-8-9-19(15-20)24-26(23(28)16-29-24)21-13-12-17(2)14-18(21)3/h8-10,12-15,24H,4-7,11,16H2,1-3H3,(H,25,27)/t24-/m0/s1. The van der Waals surface area contributed by atoms with Gasteiger partial charge in [-0.15, -0.1) is 11.8 Å². The maximum atomic E-state index is 12.7. The lowest BCUT2D eigenvalue weighted by Crippen LogP contribution is -2.28. The van der Waals surface area contributed by atoms with E-state index in [0.29, 0.717) is 12.2 Å². The normalized spacial score (nSPS) is 16.3. The van der Waals surface area contributed by atoms with E-state index in [4.69, 9.17) is 0 Å². The molecule has 1 heterocycles. The van der Waals surface area contributed by atoms with Crippen LogP contribution in [0.4, 0.5) is 11.4 Å². The SMILES string of the molecule is CCCCCCC(=O)Nc1cccc([C@@H]2SCC(=O)N2c2ccc(C)cc2C)c1. The minimum Gasteiger partial charge on any atom is -0.326 e. The quantitative estimate of drug-likeness (QED) is 0.544. The van der Waals surface area contributed by atoms with Crippen LogP contribution in [0.2, 0.25) is 0 Å². The highest BCUT2D eigenvalue weighted by atomic mass is 32.2. The number of hydrogen-bond donors (Lipinski definition) is 1. The van der Waals surface area contributed by atoms with Crippen molar-refractivity contribution in [3.05, 3.63) is 59.2 Å².